The molecule has 0 atom stereocenters. The second-order valence-corrected chi connectivity index (χ2v) is 12.6. The first-order valence-corrected chi connectivity index (χ1v) is 16.7. The van der Waals surface area contributed by atoms with Gasteiger partial charge in [-0.1, -0.05) is 11.6 Å². The molecule has 0 aromatic carbocycles. The molecular formula is C26H42ClN6O13P. The smallest absolute Gasteiger partial charge is 0.432 e. The second kappa shape index (κ2) is 19.9. The number of ether oxygens (including phenoxy) is 7. The van der Waals surface area contributed by atoms with Crippen LogP contribution in [-0.4, -0.2) is 94.9 Å². The Kier molecular flexibility index (Phi) is 16.7. The van der Waals surface area contributed by atoms with Gasteiger partial charge in [-0.3, -0.25) is 13.6 Å². The van der Waals surface area contributed by atoms with Crippen molar-refractivity contribution in [1.82, 2.24) is 19.5 Å². The molecule has 3 rings (SSSR count). The number of hydrogen-bond donors (Lipinski definition) is 2. The van der Waals surface area contributed by atoms with E-state index in [2.05, 4.69) is 29.7 Å². The third-order valence-corrected chi connectivity index (χ3v) is 6.75. The Balaban J connectivity index is 0.000000745. The second-order valence-electron chi connectivity index (χ2n) is 10.4. The minimum atomic E-state index is -4.05. The van der Waals surface area contributed by atoms with Crippen LogP contribution in [0.2, 0.25) is 0 Å². The van der Waals surface area contributed by atoms with Gasteiger partial charge in [0.15, 0.2) is 23.0 Å². The van der Waals surface area contributed by atoms with Crippen molar-refractivity contribution < 1.29 is 61.2 Å². The van der Waals surface area contributed by atoms with Crippen LogP contribution in [0.3, 0.4) is 0 Å². The Labute approximate surface area is 276 Å². The largest absolute Gasteiger partial charge is 0.510 e. The molecule has 0 spiro atoms. The maximum absolute atomic E-state index is 13.1. The van der Waals surface area contributed by atoms with E-state index in [-0.39, 0.29) is 31.3 Å². The van der Waals surface area contributed by atoms with Gasteiger partial charge in [-0.2, -0.15) is 9.97 Å². The van der Waals surface area contributed by atoms with Crippen molar-refractivity contribution in [2.24, 2.45) is 0 Å². The lowest BCUT2D eigenvalue weighted by Crippen LogP contribution is -2.17. The number of aromatic nitrogens is 4. The monoisotopic (exact) mass is 712 g/mol. The number of fused-ring (bicyclic) bond motifs is 1. The molecule has 1 fully saturated rings. The SMILES string of the molecule is CC(C)OC(=O)OCCl.CC(C)OC(=O)OCOP(=O)(COCCn1cnc2c(NC3CC3)nc(N)nc21)OCOC(=O)OC(C)C. The van der Waals surface area contributed by atoms with E-state index in [0.717, 1.165) is 12.8 Å². The molecule has 3 N–H and O–H groups in total. The molecule has 1 aliphatic carbocycles. The van der Waals surface area contributed by atoms with E-state index in [9.17, 15) is 18.9 Å². The standard InChI is InChI=1S/C21H33N6O10P.C5H9ClO3/c1-13(2)36-20(28)32-10-34-38(30,35-11-33-21(29)37-14(3)4)12-31-8-7-27-9-23-16-17(24-15-5-6-15)25-19(22)26-18(16)27;1-4(2)9-5(7)8-3-6/h9,13-15H,5-8,10-12H2,1-4H3,(H3,22,24,25,26);4H,3H2,1-2H3. The van der Waals surface area contributed by atoms with Gasteiger partial charge in [-0.25, -0.2) is 19.4 Å². The van der Waals surface area contributed by atoms with E-state index >= 15 is 0 Å². The maximum Gasteiger partial charge on any atom is 0.510 e. The summed E-state index contributed by atoms with van der Waals surface area (Å²) in [5, 5.41) is 3.28. The molecule has 0 aliphatic heterocycles. The quantitative estimate of drug-likeness (QED) is 0.0550. The Bertz CT molecular complexity index is 1310. The zero-order valence-corrected chi connectivity index (χ0v) is 28.7. The molecule has 2 aromatic heterocycles. The molecule has 1 saturated carbocycles. The summed E-state index contributed by atoms with van der Waals surface area (Å²) >= 11 is 5.06. The third-order valence-electron chi connectivity index (χ3n) is 5.15. The maximum atomic E-state index is 13.1. The van der Waals surface area contributed by atoms with Gasteiger partial charge in [0.25, 0.3) is 0 Å². The number of nitrogen functional groups attached to an aromatic ring is 1. The molecule has 2 aromatic rings. The summed E-state index contributed by atoms with van der Waals surface area (Å²) in [5.41, 5.74) is 6.93. The van der Waals surface area contributed by atoms with Crippen molar-refractivity contribution >= 4 is 60.6 Å². The van der Waals surface area contributed by atoms with E-state index in [1.54, 1.807) is 52.4 Å². The average Bonchev–Trinajstić information content (AvgIpc) is 3.67. The van der Waals surface area contributed by atoms with Gasteiger partial charge in [-0.05, 0) is 54.4 Å². The Morgan fingerprint density at radius 2 is 1.47 bits per heavy atom. The number of anilines is 2. The molecule has 1 aliphatic rings. The van der Waals surface area contributed by atoms with Gasteiger partial charge < -0.3 is 48.8 Å². The number of nitrogens with one attached hydrogen (secondary N) is 1. The van der Waals surface area contributed by atoms with Crippen molar-refractivity contribution in [3.8, 4) is 0 Å². The highest BCUT2D eigenvalue weighted by atomic mass is 35.5. The predicted octanol–water partition coefficient (Wildman–Crippen LogP) is 4.97. The number of alkyl halides is 1. The highest BCUT2D eigenvalue weighted by molar-refractivity contribution is 7.53. The summed E-state index contributed by atoms with van der Waals surface area (Å²) in [5.74, 6) is 0.662. The first-order chi connectivity index (χ1) is 22.2. The zero-order chi connectivity index (χ0) is 35.0. The van der Waals surface area contributed by atoms with Gasteiger partial charge in [0.2, 0.25) is 19.5 Å². The molecule has 0 amide bonds. The van der Waals surface area contributed by atoms with Crippen LogP contribution in [0.15, 0.2) is 6.33 Å². The van der Waals surface area contributed by atoms with Crippen LogP contribution in [0.5, 0.6) is 0 Å². The molecule has 19 nitrogen and oxygen atoms in total. The lowest BCUT2D eigenvalue weighted by atomic mass is 10.4. The summed E-state index contributed by atoms with van der Waals surface area (Å²) in [7, 11) is -4.05. The van der Waals surface area contributed by atoms with Crippen molar-refractivity contribution in [3.63, 3.8) is 0 Å². The number of carbonyl (C=O) groups is 3. The molecule has 266 valence electrons. The summed E-state index contributed by atoms with van der Waals surface area (Å²) in [6.07, 6.45) is -0.632. The molecule has 47 heavy (non-hydrogen) atoms. The lowest BCUT2D eigenvalue weighted by molar-refractivity contribution is -0.0344. The van der Waals surface area contributed by atoms with Crippen LogP contribution in [0.25, 0.3) is 11.2 Å². The van der Waals surface area contributed by atoms with Crippen molar-refractivity contribution in [2.45, 2.75) is 85.3 Å². The molecule has 0 radical (unpaired) electrons. The fourth-order valence-corrected chi connectivity index (χ4v) is 4.22. The number of halogens is 1. The van der Waals surface area contributed by atoms with Crippen molar-refractivity contribution in [2.75, 3.05) is 43.7 Å². The van der Waals surface area contributed by atoms with Crippen LogP contribution in [0.4, 0.5) is 26.1 Å². The highest BCUT2D eigenvalue weighted by Gasteiger charge is 2.28. The number of rotatable bonds is 17. The normalized spacial score (nSPS) is 12.8. The van der Waals surface area contributed by atoms with Crippen LogP contribution in [0.1, 0.15) is 54.4 Å². The molecule has 21 heteroatoms. The van der Waals surface area contributed by atoms with Crippen molar-refractivity contribution in [3.05, 3.63) is 6.33 Å². The number of hydrogen-bond acceptors (Lipinski definition) is 18. The molecule has 0 bridgehead atoms. The van der Waals surface area contributed by atoms with E-state index in [1.165, 1.54) is 0 Å². The Morgan fingerprint density at radius 3 is 1.96 bits per heavy atom. The third kappa shape index (κ3) is 16.2. The fraction of sp³-hybridized carbons (Fsp3) is 0.692. The first-order valence-electron chi connectivity index (χ1n) is 14.5. The van der Waals surface area contributed by atoms with Crippen LogP contribution >= 0.6 is 19.2 Å². The van der Waals surface area contributed by atoms with E-state index in [4.69, 9.17) is 50.1 Å². The summed E-state index contributed by atoms with van der Waals surface area (Å²) in [4.78, 5) is 46.3. The number of nitrogens with two attached hydrogens (primary N) is 1. The molecule has 0 saturated heterocycles. The van der Waals surface area contributed by atoms with Crippen LogP contribution in [0, 0.1) is 0 Å². The van der Waals surface area contributed by atoms with Gasteiger partial charge in [-0.15, -0.1) is 0 Å². The van der Waals surface area contributed by atoms with Crippen molar-refractivity contribution in [1.29, 1.82) is 0 Å². The fourth-order valence-electron chi connectivity index (χ4n) is 3.13. The summed E-state index contributed by atoms with van der Waals surface area (Å²) in [6.45, 7) is 8.80. The molecular weight excluding hydrogens is 671 g/mol. The number of nitrogens with zero attached hydrogens (tertiary/aromatic N) is 4. The van der Waals surface area contributed by atoms with Gasteiger partial charge in [0.1, 0.15) is 6.35 Å². The predicted molar refractivity (Wildman–Crippen MR) is 166 cm³/mol. The Morgan fingerprint density at radius 1 is 0.936 bits per heavy atom. The van der Waals surface area contributed by atoms with Gasteiger partial charge >= 0.3 is 26.1 Å². The molecule has 0 unspecified atom stereocenters. The Hall–Kier alpha value is -3.64. The van der Waals surface area contributed by atoms with Crippen LogP contribution in [-0.2, 0) is 53.3 Å². The number of carbonyl (C=O) groups excluding carboxylic acids is 3. The molecule has 2 heterocycles. The van der Waals surface area contributed by atoms with E-state index in [1.807, 2.05) is 0 Å². The topological polar surface area (TPSA) is 233 Å². The van der Waals surface area contributed by atoms with E-state index < -0.39 is 58.2 Å². The average molecular weight is 713 g/mol. The summed E-state index contributed by atoms with van der Waals surface area (Å²) < 4.78 is 58.4. The van der Waals surface area contributed by atoms with Gasteiger partial charge in [0, 0.05) is 12.6 Å². The van der Waals surface area contributed by atoms with Crippen LogP contribution < -0.4 is 11.1 Å². The first kappa shape index (κ1) is 39.5. The zero-order valence-electron chi connectivity index (χ0n) is 27.0. The summed E-state index contributed by atoms with van der Waals surface area (Å²) in [6, 6.07) is 0.188. The van der Waals surface area contributed by atoms with Gasteiger partial charge in [0.05, 0.1) is 31.2 Å². The lowest BCUT2D eigenvalue weighted by Gasteiger charge is -2.19. The minimum absolute atomic E-state index is 0.0456. The number of imidazole rings is 1. The minimum Gasteiger partial charge on any atom is -0.432 e. The van der Waals surface area contributed by atoms with E-state index in [0.29, 0.717) is 23.0 Å². The highest BCUT2D eigenvalue weighted by Crippen LogP contribution is 2.48.